The summed E-state index contributed by atoms with van der Waals surface area (Å²) < 4.78 is 6.59. The zero-order valence-corrected chi connectivity index (χ0v) is 23.2. The van der Waals surface area contributed by atoms with Crippen LogP contribution in [0.25, 0.3) is 5.57 Å². The van der Waals surface area contributed by atoms with Crippen molar-refractivity contribution in [2.75, 3.05) is 5.32 Å². The molecular formula is C32H35NO7. The summed E-state index contributed by atoms with van der Waals surface area (Å²) in [7, 11) is 0. The number of benzene rings is 2. The van der Waals surface area contributed by atoms with Crippen LogP contribution in [0.15, 0.2) is 36.4 Å². The molecule has 0 aromatic heterocycles. The van der Waals surface area contributed by atoms with Crippen LogP contribution in [0.4, 0.5) is 5.69 Å². The maximum atomic E-state index is 14.4. The lowest BCUT2D eigenvalue weighted by Crippen LogP contribution is -2.57. The zero-order chi connectivity index (χ0) is 28.8. The van der Waals surface area contributed by atoms with Gasteiger partial charge in [0.25, 0.3) is 0 Å². The van der Waals surface area contributed by atoms with Crippen LogP contribution in [-0.2, 0) is 14.3 Å². The number of Topliss-reactive ketones (excluding diaryl/α,β-unsaturated/α-hetero) is 1. The Bertz CT molecular complexity index is 1490. The first-order chi connectivity index (χ1) is 18.8. The number of allylic oxidation sites excluding steroid dienone is 2. The van der Waals surface area contributed by atoms with Gasteiger partial charge in [0.05, 0.1) is 11.7 Å². The van der Waals surface area contributed by atoms with Crippen LogP contribution in [-0.4, -0.2) is 44.7 Å². The van der Waals surface area contributed by atoms with Gasteiger partial charge < -0.3 is 25.4 Å². The molecule has 3 aliphatic carbocycles. The van der Waals surface area contributed by atoms with E-state index in [4.69, 9.17) is 4.74 Å². The van der Waals surface area contributed by atoms with Crippen molar-refractivity contribution in [1.29, 1.82) is 0 Å². The highest BCUT2D eigenvalue weighted by Gasteiger charge is 2.72. The van der Waals surface area contributed by atoms with E-state index in [2.05, 4.69) is 36.5 Å². The summed E-state index contributed by atoms with van der Waals surface area (Å²) in [6.07, 6.45) is 5.07. The third-order valence-corrected chi connectivity index (χ3v) is 10.0. The predicted octanol–water partition coefficient (Wildman–Crippen LogP) is 5.38. The molecule has 4 bridgehead atoms. The predicted molar refractivity (Wildman–Crippen MR) is 148 cm³/mol. The molecule has 2 heterocycles. The minimum absolute atomic E-state index is 0.00190. The number of aryl methyl sites for hydroxylation is 2. The van der Waals surface area contributed by atoms with Crippen LogP contribution >= 0.6 is 0 Å². The highest BCUT2D eigenvalue weighted by atomic mass is 16.5. The highest BCUT2D eigenvalue weighted by Crippen LogP contribution is 2.72. The van der Waals surface area contributed by atoms with Gasteiger partial charge in [-0.3, -0.25) is 9.59 Å². The van der Waals surface area contributed by atoms with Gasteiger partial charge >= 0.3 is 5.97 Å². The molecule has 40 heavy (non-hydrogen) atoms. The molecule has 2 aromatic rings. The fourth-order valence-corrected chi connectivity index (χ4v) is 8.61. The van der Waals surface area contributed by atoms with E-state index in [1.807, 2.05) is 20.8 Å². The molecule has 1 spiro atoms. The lowest BCUT2D eigenvalue weighted by atomic mass is 9.49. The van der Waals surface area contributed by atoms with E-state index in [0.29, 0.717) is 11.5 Å². The Kier molecular flexibility index (Phi) is 5.76. The molecule has 0 unspecified atom stereocenters. The van der Waals surface area contributed by atoms with Crippen LogP contribution in [0.5, 0.6) is 11.5 Å². The number of hydrogen-bond acceptors (Lipinski definition) is 6. The molecule has 1 amide bonds. The number of carboxylic acids is 1. The number of phenolic OH excluding ortho intramolecular Hbond substituents is 1. The molecular weight excluding hydrogens is 510 g/mol. The Labute approximate surface area is 233 Å². The average Bonchev–Trinajstić information content (AvgIpc) is 3.23. The molecule has 4 N–H and O–H groups in total. The molecule has 7 rings (SSSR count). The smallest absolute Gasteiger partial charge is 0.339 e. The fourth-order valence-electron chi connectivity index (χ4n) is 8.61. The molecule has 5 aliphatic rings. The van der Waals surface area contributed by atoms with Gasteiger partial charge in [-0.2, -0.15) is 0 Å². The van der Waals surface area contributed by atoms with Crippen LogP contribution in [0, 0.1) is 36.5 Å². The van der Waals surface area contributed by atoms with Gasteiger partial charge in [-0.05, 0) is 75.5 Å². The highest BCUT2D eigenvalue weighted by molar-refractivity contribution is 6.24. The number of ether oxygens (including phenoxy) is 1. The number of ketones is 1. The summed E-state index contributed by atoms with van der Waals surface area (Å²) in [5.41, 5.74) is 1.71. The van der Waals surface area contributed by atoms with E-state index < -0.39 is 34.4 Å². The van der Waals surface area contributed by atoms with E-state index >= 15 is 0 Å². The Morgan fingerprint density at radius 1 is 1.10 bits per heavy atom. The van der Waals surface area contributed by atoms with Crippen molar-refractivity contribution in [3.05, 3.63) is 58.7 Å². The lowest BCUT2D eigenvalue weighted by molar-refractivity contribution is -0.168. The van der Waals surface area contributed by atoms with Crippen molar-refractivity contribution in [2.24, 2.45) is 22.7 Å². The third kappa shape index (κ3) is 3.79. The Morgan fingerprint density at radius 2 is 1.80 bits per heavy atom. The van der Waals surface area contributed by atoms with Gasteiger partial charge in [-0.25, -0.2) is 4.79 Å². The molecule has 8 heteroatoms. The number of rotatable bonds is 6. The first-order valence-electron chi connectivity index (χ1n) is 13.9. The zero-order valence-electron chi connectivity index (χ0n) is 23.2. The molecule has 0 radical (unpaired) electrons. The minimum Gasteiger partial charge on any atom is -0.506 e. The lowest BCUT2D eigenvalue weighted by Gasteiger charge is -2.56. The van der Waals surface area contributed by atoms with Gasteiger partial charge in [0.1, 0.15) is 17.0 Å². The van der Waals surface area contributed by atoms with Gasteiger partial charge in [0.2, 0.25) is 5.91 Å². The monoisotopic (exact) mass is 545 g/mol. The standard InChI is InChI=1S/C32H35NO7/c1-16-9-17(2)11-18(10-16)21-14-32-13-19-12-23(40-31(19,4)15-32)27(32)30(3,28(21)37)8-7-24(35)33-25-22(34)6-5-20(26(25)36)29(38)39/h5-6,9-11,14,19,23,27,34,36H,7-8,12-13,15H2,1-4H3,(H,33,35)(H,38,39)/t19-,23-,27-,30-,31-,32+/m0/s1. The molecule has 8 nitrogen and oxygen atoms in total. The number of phenols is 2. The summed E-state index contributed by atoms with van der Waals surface area (Å²) in [6, 6.07) is 8.36. The normalized spacial score (nSPS) is 33.5. The fraction of sp³-hybridized carbons (Fsp3) is 0.469. The molecule has 2 aliphatic heterocycles. The Hall–Kier alpha value is -3.65. The summed E-state index contributed by atoms with van der Waals surface area (Å²) in [5.74, 6) is -2.70. The number of carbonyl (C=O) groups is 3. The number of amides is 1. The van der Waals surface area contributed by atoms with E-state index in [1.54, 1.807) is 0 Å². The van der Waals surface area contributed by atoms with E-state index in [0.717, 1.165) is 48.1 Å². The second-order valence-electron chi connectivity index (χ2n) is 12.9. The molecule has 2 saturated heterocycles. The van der Waals surface area contributed by atoms with E-state index in [-0.39, 0.29) is 47.4 Å². The molecule has 2 saturated carbocycles. The number of carboxylic acid groups (broad SMARTS) is 1. The average molecular weight is 546 g/mol. The number of aromatic hydroxyl groups is 2. The summed E-state index contributed by atoms with van der Waals surface area (Å²) >= 11 is 0. The Balaban J connectivity index is 1.34. The van der Waals surface area contributed by atoms with Gasteiger partial charge in [0, 0.05) is 23.3 Å². The second-order valence-corrected chi connectivity index (χ2v) is 12.9. The van der Waals surface area contributed by atoms with Crippen molar-refractivity contribution in [3.63, 3.8) is 0 Å². The van der Waals surface area contributed by atoms with Crippen molar-refractivity contribution >= 4 is 28.9 Å². The molecule has 6 atom stereocenters. The van der Waals surface area contributed by atoms with Crippen molar-refractivity contribution < 1.29 is 34.4 Å². The first-order valence-corrected chi connectivity index (χ1v) is 13.9. The SMILES string of the molecule is Cc1cc(C)cc(C2=C[C@]34C[C@@H]5C[C@H](O[C@@]5(C)C3)[C@H]4[C@](C)(CCC(=O)Nc3c(O)ccc(C(=O)O)c3O)C2=O)c1. The van der Waals surface area contributed by atoms with E-state index in [1.165, 1.54) is 0 Å². The maximum absolute atomic E-state index is 14.4. The van der Waals surface area contributed by atoms with Crippen molar-refractivity contribution in [1.82, 2.24) is 0 Å². The topological polar surface area (TPSA) is 133 Å². The number of carbonyl (C=O) groups excluding carboxylic acids is 2. The van der Waals surface area contributed by atoms with Crippen molar-refractivity contribution in [2.45, 2.75) is 71.5 Å². The number of anilines is 1. The quantitative estimate of drug-likeness (QED) is 0.358. The first kappa shape index (κ1) is 26.6. The van der Waals surface area contributed by atoms with Gasteiger partial charge in [0.15, 0.2) is 11.5 Å². The molecule has 210 valence electrons. The van der Waals surface area contributed by atoms with Gasteiger partial charge in [-0.1, -0.05) is 42.3 Å². The third-order valence-electron chi connectivity index (χ3n) is 10.0. The van der Waals surface area contributed by atoms with Crippen LogP contribution in [0.2, 0.25) is 0 Å². The molecule has 2 aromatic carbocycles. The van der Waals surface area contributed by atoms with Gasteiger partial charge in [-0.15, -0.1) is 0 Å². The van der Waals surface area contributed by atoms with Crippen LogP contribution in [0.1, 0.15) is 73.0 Å². The van der Waals surface area contributed by atoms with Crippen LogP contribution in [0.3, 0.4) is 0 Å². The minimum atomic E-state index is -1.39. The largest absolute Gasteiger partial charge is 0.506 e. The number of hydrogen-bond donors (Lipinski definition) is 4. The van der Waals surface area contributed by atoms with Crippen molar-refractivity contribution in [3.8, 4) is 11.5 Å². The molecule has 4 fully saturated rings. The van der Waals surface area contributed by atoms with Crippen LogP contribution < -0.4 is 5.32 Å². The summed E-state index contributed by atoms with van der Waals surface area (Å²) in [6.45, 7) is 8.20. The Morgan fingerprint density at radius 3 is 2.45 bits per heavy atom. The van der Waals surface area contributed by atoms with E-state index in [9.17, 15) is 29.7 Å². The summed E-state index contributed by atoms with van der Waals surface area (Å²) in [4.78, 5) is 39.0. The summed E-state index contributed by atoms with van der Waals surface area (Å²) in [5, 5.41) is 32.3. The number of nitrogens with one attached hydrogen (secondary N) is 1. The second kappa shape index (κ2) is 8.67. The maximum Gasteiger partial charge on any atom is 0.339 e. The number of aromatic carboxylic acids is 1.